The van der Waals surface area contributed by atoms with E-state index < -0.39 is 0 Å². The normalized spacial score (nSPS) is 23.4. The molecule has 0 bridgehead atoms. The van der Waals surface area contributed by atoms with E-state index >= 15 is 0 Å². The quantitative estimate of drug-likeness (QED) is 0.799. The molecule has 1 fully saturated rings. The highest BCUT2D eigenvalue weighted by Crippen LogP contribution is 2.19. The van der Waals surface area contributed by atoms with E-state index in [0.29, 0.717) is 12.6 Å². The molecular weight excluding hydrogens is 266 g/mol. The molecule has 2 unspecified atom stereocenters. The van der Waals surface area contributed by atoms with Crippen LogP contribution in [-0.4, -0.2) is 31.8 Å². The maximum Gasteiger partial charge on any atom is 0.319 e. The molecule has 5 heteroatoms. The minimum Gasteiger partial charge on any atom is -0.379 e. The molecule has 1 aliphatic rings. The molecule has 116 valence electrons. The predicted octanol–water partition coefficient (Wildman–Crippen LogP) is 2.66. The number of amides is 2. The van der Waals surface area contributed by atoms with E-state index in [1.165, 1.54) is 5.56 Å². The Balaban J connectivity index is 1.90. The zero-order valence-corrected chi connectivity index (χ0v) is 13.0. The van der Waals surface area contributed by atoms with Crippen LogP contribution in [0, 0.1) is 0 Å². The van der Waals surface area contributed by atoms with Gasteiger partial charge < -0.3 is 20.7 Å². The van der Waals surface area contributed by atoms with Gasteiger partial charge in [0.25, 0.3) is 0 Å². The Bertz CT molecular complexity index is 467. The van der Waals surface area contributed by atoms with Crippen LogP contribution >= 0.6 is 0 Å². The molecular formula is C16H25N3O2. The number of anilines is 1. The van der Waals surface area contributed by atoms with E-state index in [1.54, 1.807) is 0 Å². The fraction of sp³-hybridized carbons (Fsp3) is 0.562. The van der Waals surface area contributed by atoms with Crippen LogP contribution < -0.4 is 16.0 Å². The van der Waals surface area contributed by atoms with Crippen molar-refractivity contribution in [1.29, 1.82) is 0 Å². The van der Waals surface area contributed by atoms with Gasteiger partial charge in [0.2, 0.25) is 0 Å². The molecule has 5 nitrogen and oxygen atoms in total. The van der Waals surface area contributed by atoms with E-state index in [4.69, 9.17) is 4.74 Å². The van der Waals surface area contributed by atoms with Gasteiger partial charge in [-0.25, -0.2) is 4.79 Å². The summed E-state index contributed by atoms with van der Waals surface area (Å²) in [5.74, 6) is 0. The predicted molar refractivity (Wildman–Crippen MR) is 84.5 cm³/mol. The summed E-state index contributed by atoms with van der Waals surface area (Å²) in [7, 11) is 1.93. The Labute approximate surface area is 126 Å². The van der Waals surface area contributed by atoms with Crippen molar-refractivity contribution in [2.45, 2.75) is 38.3 Å². The number of carbonyl (C=O) groups excluding carboxylic acids is 1. The summed E-state index contributed by atoms with van der Waals surface area (Å²) in [4.78, 5) is 12.1. The molecule has 2 atom stereocenters. The van der Waals surface area contributed by atoms with E-state index in [2.05, 4.69) is 22.9 Å². The van der Waals surface area contributed by atoms with Gasteiger partial charge in [0.1, 0.15) is 0 Å². The number of urea groups is 1. The van der Waals surface area contributed by atoms with Crippen molar-refractivity contribution in [3.05, 3.63) is 29.8 Å². The van der Waals surface area contributed by atoms with Crippen LogP contribution in [0.4, 0.5) is 10.5 Å². The van der Waals surface area contributed by atoms with Crippen molar-refractivity contribution in [2.75, 3.05) is 25.6 Å². The molecule has 3 N–H and O–H groups in total. The first-order chi connectivity index (χ1) is 10.0. The summed E-state index contributed by atoms with van der Waals surface area (Å²) in [6, 6.07) is 7.98. The monoisotopic (exact) mass is 291 g/mol. The Morgan fingerprint density at radius 2 is 2.05 bits per heavy atom. The van der Waals surface area contributed by atoms with Gasteiger partial charge in [-0.3, -0.25) is 0 Å². The molecule has 1 heterocycles. The van der Waals surface area contributed by atoms with E-state index in [9.17, 15) is 4.79 Å². The van der Waals surface area contributed by atoms with Crippen LogP contribution in [0.5, 0.6) is 0 Å². The average Bonchev–Trinajstić information content (AvgIpc) is 2.47. The molecule has 1 aromatic rings. The van der Waals surface area contributed by atoms with Crippen molar-refractivity contribution in [3.63, 3.8) is 0 Å². The van der Waals surface area contributed by atoms with Crippen LogP contribution in [0.15, 0.2) is 24.3 Å². The number of carbonyl (C=O) groups is 1. The summed E-state index contributed by atoms with van der Waals surface area (Å²) < 4.78 is 5.44. The van der Waals surface area contributed by atoms with Gasteiger partial charge in [-0.15, -0.1) is 0 Å². The fourth-order valence-corrected chi connectivity index (χ4v) is 2.49. The van der Waals surface area contributed by atoms with Crippen molar-refractivity contribution in [3.8, 4) is 0 Å². The van der Waals surface area contributed by atoms with Crippen molar-refractivity contribution in [2.24, 2.45) is 0 Å². The van der Waals surface area contributed by atoms with E-state index in [-0.39, 0.29) is 11.6 Å². The maximum atomic E-state index is 12.1. The zero-order chi connectivity index (χ0) is 15.3. The van der Waals surface area contributed by atoms with Crippen molar-refractivity contribution < 1.29 is 9.53 Å². The standard InChI is InChI=1S/C16H25N3O2/c1-12(17-3)13-5-7-14(8-6-13)18-15(20)19-16(2)9-4-10-21-11-16/h5-8,12,17H,4,9-11H2,1-3H3,(H2,18,19,20). The molecule has 0 saturated carbocycles. The molecule has 0 spiro atoms. The van der Waals surface area contributed by atoms with E-state index in [1.807, 2.05) is 38.2 Å². The first-order valence-corrected chi connectivity index (χ1v) is 7.46. The molecule has 1 saturated heterocycles. The molecule has 1 aliphatic heterocycles. The van der Waals surface area contributed by atoms with Gasteiger partial charge in [-0.05, 0) is 51.4 Å². The van der Waals surface area contributed by atoms with Gasteiger partial charge in [0.05, 0.1) is 12.1 Å². The van der Waals surface area contributed by atoms with Crippen LogP contribution in [-0.2, 0) is 4.74 Å². The Hall–Kier alpha value is -1.59. The number of rotatable bonds is 4. The van der Waals surface area contributed by atoms with Gasteiger partial charge in [-0.1, -0.05) is 12.1 Å². The third-order valence-corrected chi connectivity index (χ3v) is 3.95. The topological polar surface area (TPSA) is 62.4 Å². The van der Waals surface area contributed by atoms with Crippen LogP contribution in [0.2, 0.25) is 0 Å². The van der Waals surface area contributed by atoms with Gasteiger partial charge >= 0.3 is 6.03 Å². The lowest BCUT2D eigenvalue weighted by molar-refractivity contribution is 0.0342. The van der Waals surface area contributed by atoms with Crippen LogP contribution in [0.3, 0.4) is 0 Å². The first-order valence-electron chi connectivity index (χ1n) is 7.46. The third kappa shape index (κ3) is 4.44. The lowest BCUT2D eigenvalue weighted by atomic mass is 9.95. The highest BCUT2D eigenvalue weighted by molar-refractivity contribution is 5.89. The number of hydrogen-bond acceptors (Lipinski definition) is 3. The summed E-state index contributed by atoms with van der Waals surface area (Å²) in [5.41, 5.74) is 1.71. The first kappa shape index (κ1) is 15.8. The number of hydrogen-bond donors (Lipinski definition) is 3. The van der Waals surface area contributed by atoms with Gasteiger partial charge in [0.15, 0.2) is 0 Å². The Morgan fingerprint density at radius 1 is 1.33 bits per heavy atom. The fourth-order valence-electron chi connectivity index (χ4n) is 2.49. The summed E-state index contributed by atoms with van der Waals surface area (Å²) >= 11 is 0. The van der Waals surface area contributed by atoms with Crippen LogP contribution in [0.1, 0.15) is 38.3 Å². The SMILES string of the molecule is CNC(C)c1ccc(NC(=O)NC2(C)CCCOC2)cc1. The summed E-state index contributed by atoms with van der Waals surface area (Å²) in [6.07, 6.45) is 1.92. The molecule has 1 aromatic carbocycles. The molecule has 2 rings (SSSR count). The van der Waals surface area contributed by atoms with Crippen LogP contribution in [0.25, 0.3) is 0 Å². The maximum absolute atomic E-state index is 12.1. The second-order valence-electron chi connectivity index (χ2n) is 5.93. The highest BCUT2D eigenvalue weighted by Gasteiger charge is 2.29. The molecule has 0 radical (unpaired) electrons. The molecule has 0 aromatic heterocycles. The number of benzene rings is 1. The summed E-state index contributed by atoms with van der Waals surface area (Å²) in [5, 5.41) is 9.06. The largest absolute Gasteiger partial charge is 0.379 e. The highest BCUT2D eigenvalue weighted by atomic mass is 16.5. The number of nitrogens with one attached hydrogen (secondary N) is 3. The zero-order valence-electron chi connectivity index (χ0n) is 13.0. The lowest BCUT2D eigenvalue weighted by Gasteiger charge is -2.34. The lowest BCUT2D eigenvalue weighted by Crippen LogP contribution is -2.52. The second-order valence-corrected chi connectivity index (χ2v) is 5.93. The minimum absolute atomic E-state index is 0.183. The Morgan fingerprint density at radius 3 is 2.62 bits per heavy atom. The molecule has 21 heavy (non-hydrogen) atoms. The van der Waals surface area contributed by atoms with Gasteiger partial charge in [0, 0.05) is 18.3 Å². The molecule has 2 amide bonds. The number of ether oxygens (including phenoxy) is 1. The molecule has 0 aliphatic carbocycles. The van der Waals surface area contributed by atoms with Gasteiger partial charge in [-0.2, -0.15) is 0 Å². The minimum atomic E-state index is -0.275. The smallest absolute Gasteiger partial charge is 0.319 e. The van der Waals surface area contributed by atoms with Crippen molar-refractivity contribution >= 4 is 11.7 Å². The van der Waals surface area contributed by atoms with Crippen molar-refractivity contribution in [1.82, 2.24) is 10.6 Å². The third-order valence-electron chi connectivity index (χ3n) is 3.95. The second kappa shape index (κ2) is 6.91. The summed E-state index contributed by atoms with van der Waals surface area (Å²) in [6.45, 7) is 5.46. The van der Waals surface area contributed by atoms with E-state index in [0.717, 1.165) is 25.1 Å². The Kier molecular flexibility index (Phi) is 5.20. The average molecular weight is 291 g/mol.